The van der Waals surface area contributed by atoms with Crippen molar-refractivity contribution in [2.75, 3.05) is 18.4 Å². The molecule has 2 N–H and O–H groups in total. The second-order valence-corrected chi connectivity index (χ2v) is 4.13. The van der Waals surface area contributed by atoms with E-state index in [1.807, 2.05) is 6.92 Å². The van der Waals surface area contributed by atoms with E-state index in [9.17, 15) is 4.79 Å². The standard InChI is InChI=1S/C10H12BrClN2O/c1-2-13-6-9(15)14-8-5-3-4-7(12)10(8)11/h3-5,13H,2,6H2,1H3,(H,14,15). The van der Waals surface area contributed by atoms with Crippen molar-refractivity contribution in [3.05, 3.63) is 27.7 Å². The van der Waals surface area contributed by atoms with Crippen LogP contribution >= 0.6 is 27.5 Å². The first-order chi connectivity index (χ1) is 7.15. The Kier molecular flexibility index (Phi) is 5.08. The van der Waals surface area contributed by atoms with Gasteiger partial charge in [-0.1, -0.05) is 24.6 Å². The largest absolute Gasteiger partial charge is 0.324 e. The molecule has 5 heteroatoms. The van der Waals surface area contributed by atoms with Gasteiger partial charge in [-0.05, 0) is 34.6 Å². The van der Waals surface area contributed by atoms with Crippen molar-refractivity contribution >= 4 is 39.1 Å². The number of halogens is 2. The SMILES string of the molecule is CCNCC(=O)Nc1cccc(Cl)c1Br. The van der Waals surface area contributed by atoms with Gasteiger partial charge < -0.3 is 10.6 Å². The molecule has 0 atom stereocenters. The molecular formula is C10H12BrClN2O. The number of carbonyl (C=O) groups is 1. The van der Waals surface area contributed by atoms with Crippen molar-refractivity contribution in [3.8, 4) is 0 Å². The Hall–Kier alpha value is -0.580. The summed E-state index contributed by atoms with van der Waals surface area (Å²) in [5, 5.41) is 6.27. The van der Waals surface area contributed by atoms with Crippen LogP contribution in [0.2, 0.25) is 5.02 Å². The van der Waals surface area contributed by atoms with Crippen LogP contribution < -0.4 is 10.6 Å². The molecule has 0 fully saturated rings. The molecule has 0 heterocycles. The number of likely N-dealkylation sites (N-methyl/N-ethyl adjacent to an activating group) is 1. The lowest BCUT2D eigenvalue weighted by atomic mass is 10.3. The van der Waals surface area contributed by atoms with Gasteiger partial charge in [0.15, 0.2) is 0 Å². The van der Waals surface area contributed by atoms with Crippen molar-refractivity contribution in [3.63, 3.8) is 0 Å². The van der Waals surface area contributed by atoms with Gasteiger partial charge in [0.2, 0.25) is 5.91 Å². The molecule has 0 aliphatic carbocycles. The minimum absolute atomic E-state index is 0.0835. The van der Waals surface area contributed by atoms with E-state index in [4.69, 9.17) is 11.6 Å². The number of hydrogen-bond donors (Lipinski definition) is 2. The molecule has 0 aliphatic rings. The first kappa shape index (κ1) is 12.5. The Morgan fingerprint density at radius 2 is 2.27 bits per heavy atom. The van der Waals surface area contributed by atoms with Crippen molar-refractivity contribution in [1.29, 1.82) is 0 Å². The maximum atomic E-state index is 11.4. The smallest absolute Gasteiger partial charge is 0.238 e. The lowest BCUT2D eigenvalue weighted by Crippen LogP contribution is -2.27. The highest BCUT2D eigenvalue weighted by Crippen LogP contribution is 2.29. The van der Waals surface area contributed by atoms with E-state index >= 15 is 0 Å². The fourth-order valence-corrected chi connectivity index (χ4v) is 1.57. The van der Waals surface area contributed by atoms with Gasteiger partial charge in [0, 0.05) is 0 Å². The summed E-state index contributed by atoms with van der Waals surface area (Å²) in [5.41, 5.74) is 0.686. The van der Waals surface area contributed by atoms with Crippen molar-refractivity contribution < 1.29 is 4.79 Å². The Morgan fingerprint density at radius 3 is 2.93 bits per heavy atom. The van der Waals surface area contributed by atoms with Gasteiger partial charge >= 0.3 is 0 Å². The Bertz CT molecular complexity index is 357. The molecule has 0 aliphatic heterocycles. The van der Waals surface area contributed by atoms with Crippen LogP contribution in [0.15, 0.2) is 22.7 Å². The number of anilines is 1. The third kappa shape index (κ3) is 3.81. The van der Waals surface area contributed by atoms with E-state index in [1.54, 1.807) is 18.2 Å². The highest BCUT2D eigenvalue weighted by Gasteiger charge is 2.06. The average Bonchev–Trinajstić information content (AvgIpc) is 2.22. The van der Waals surface area contributed by atoms with Gasteiger partial charge in [-0.25, -0.2) is 0 Å². The molecule has 0 bridgehead atoms. The van der Waals surface area contributed by atoms with E-state index in [2.05, 4.69) is 26.6 Å². The minimum Gasteiger partial charge on any atom is -0.324 e. The Morgan fingerprint density at radius 1 is 1.53 bits per heavy atom. The van der Waals surface area contributed by atoms with E-state index in [0.29, 0.717) is 21.7 Å². The first-order valence-electron chi connectivity index (χ1n) is 4.59. The predicted molar refractivity (Wildman–Crippen MR) is 66.3 cm³/mol. The third-order valence-corrected chi connectivity index (χ3v) is 3.16. The summed E-state index contributed by atoms with van der Waals surface area (Å²) in [6, 6.07) is 5.33. The second kappa shape index (κ2) is 6.10. The van der Waals surface area contributed by atoms with Gasteiger partial charge in [-0.15, -0.1) is 0 Å². The van der Waals surface area contributed by atoms with Crippen LogP contribution in [0, 0.1) is 0 Å². The van der Waals surface area contributed by atoms with Crippen LogP contribution in [0.3, 0.4) is 0 Å². The minimum atomic E-state index is -0.0835. The van der Waals surface area contributed by atoms with Crippen LogP contribution in [0.1, 0.15) is 6.92 Å². The van der Waals surface area contributed by atoms with Crippen LogP contribution in [-0.2, 0) is 4.79 Å². The number of benzene rings is 1. The number of amides is 1. The zero-order chi connectivity index (χ0) is 11.3. The maximum absolute atomic E-state index is 11.4. The Labute approximate surface area is 102 Å². The molecule has 1 aromatic carbocycles. The summed E-state index contributed by atoms with van der Waals surface area (Å²) in [7, 11) is 0. The molecule has 1 amide bonds. The van der Waals surface area contributed by atoms with E-state index < -0.39 is 0 Å². The molecule has 1 aromatic rings. The van der Waals surface area contributed by atoms with Crippen LogP contribution in [0.5, 0.6) is 0 Å². The van der Waals surface area contributed by atoms with Crippen molar-refractivity contribution in [2.45, 2.75) is 6.92 Å². The molecule has 82 valence electrons. The van der Waals surface area contributed by atoms with Gasteiger partial charge in [0.25, 0.3) is 0 Å². The normalized spacial score (nSPS) is 10.1. The lowest BCUT2D eigenvalue weighted by molar-refractivity contribution is -0.115. The third-order valence-electron chi connectivity index (χ3n) is 1.76. The van der Waals surface area contributed by atoms with Crippen molar-refractivity contribution in [2.24, 2.45) is 0 Å². The van der Waals surface area contributed by atoms with E-state index in [-0.39, 0.29) is 5.91 Å². The topological polar surface area (TPSA) is 41.1 Å². The summed E-state index contributed by atoms with van der Waals surface area (Å²) in [5.74, 6) is -0.0835. The van der Waals surface area contributed by atoms with E-state index in [0.717, 1.165) is 6.54 Å². The highest BCUT2D eigenvalue weighted by atomic mass is 79.9. The maximum Gasteiger partial charge on any atom is 0.238 e. The molecule has 0 spiro atoms. The van der Waals surface area contributed by atoms with Gasteiger partial charge in [-0.2, -0.15) is 0 Å². The quantitative estimate of drug-likeness (QED) is 0.895. The monoisotopic (exact) mass is 290 g/mol. The summed E-state index contributed by atoms with van der Waals surface area (Å²) in [4.78, 5) is 11.4. The van der Waals surface area contributed by atoms with Gasteiger partial charge in [0.1, 0.15) is 0 Å². The summed E-state index contributed by atoms with van der Waals surface area (Å²) < 4.78 is 0.705. The van der Waals surface area contributed by atoms with Crippen molar-refractivity contribution in [1.82, 2.24) is 5.32 Å². The number of hydrogen-bond acceptors (Lipinski definition) is 2. The lowest BCUT2D eigenvalue weighted by Gasteiger charge is -2.08. The summed E-state index contributed by atoms with van der Waals surface area (Å²) in [6.07, 6.45) is 0. The fraction of sp³-hybridized carbons (Fsp3) is 0.300. The van der Waals surface area contributed by atoms with Gasteiger partial charge in [-0.3, -0.25) is 4.79 Å². The summed E-state index contributed by atoms with van der Waals surface area (Å²) in [6.45, 7) is 3.02. The molecule has 1 rings (SSSR count). The van der Waals surface area contributed by atoms with Gasteiger partial charge in [0.05, 0.1) is 21.7 Å². The molecule has 0 radical (unpaired) electrons. The molecular weight excluding hydrogens is 279 g/mol. The molecule has 0 saturated heterocycles. The summed E-state index contributed by atoms with van der Waals surface area (Å²) >= 11 is 9.20. The second-order valence-electron chi connectivity index (χ2n) is 2.93. The fourth-order valence-electron chi connectivity index (χ4n) is 1.03. The first-order valence-corrected chi connectivity index (χ1v) is 5.76. The van der Waals surface area contributed by atoms with E-state index in [1.165, 1.54) is 0 Å². The van der Waals surface area contributed by atoms with Crippen LogP contribution in [0.4, 0.5) is 5.69 Å². The molecule has 3 nitrogen and oxygen atoms in total. The molecule has 15 heavy (non-hydrogen) atoms. The van der Waals surface area contributed by atoms with Crippen LogP contribution in [-0.4, -0.2) is 19.0 Å². The number of nitrogens with one attached hydrogen (secondary N) is 2. The molecule has 0 unspecified atom stereocenters. The number of rotatable bonds is 4. The average molecular weight is 292 g/mol. The molecule has 0 saturated carbocycles. The zero-order valence-electron chi connectivity index (χ0n) is 8.31. The Balaban J connectivity index is 2.64. The zero-order valence-corrected chi connectivity index (χ0v) is 10.7. The highest BCUT2D eigenvalue weighted by molar-refractivity contribution is 9.10. The molecule has 0 aromatic heterocycles. The number of carbonyl (C=O) groups excluding carboxylic acids is 1. The predicted octanol–water partition coefficient (Wildman–Crippen LogP) is 2.65. The van der Waals surface area contributed by atoms with Crippen LogP contribution in [0.25, 0.3) is 0 Å².